The smallest absolute Gasteiger partial charge is 0.0975 e. The Morgan fingerprint density at radius 3 is 2.76 bits per heavy atom. The van der Waals surface area contributed by atoms with Gasteiger partial charge in [-0.15, -0.1) is 0 Å². The second-order valence-corrected chi connectivity index (χ2v) is 5.22. The lowest BCUT2D eigenvalue weighted by Crippen LogP contribution is -2.41. The van der Waals surface area contributed by atoms with Gasteiger partial charge in [-0.05, 0) is 25.1 Å². The number of rotatable bonds is 7. The fourth-order valence-electron chi connectivity index (χ4n) is 1.44. The average Bonchev–Trinajstić information content (AvgIpc) is 2.29. The average molecular weight is 302 g/mol. The Balaban J connectivity index is 2.35. The van der Waals surface area contributed by atoms with Crippen molar-refractivity contribution in [2.45, 2.75) is 26.1 Å². The standard InChI is InChI=1S/C13H20BrNO2/c1-3-15-9-13(2,16)10-17-8-11-6-4-5-7-12(11)14/h4-7,15-16H,3,8-10H2,1-2H3. The van der Waals surface area contributed by atoms with Crippen molar-refractivity contribution < 1.29 is 9.84 Å². The van der Waals surface area contributed by atoms with Crippen molar-refractivity contribution in [1.82, 2.24) is 5.32 Å². The topological polar surface area (TPSA) is 41.5 Å². The van der Waals surface area contributed by atoms with Crippen LogP contribution in [0.15, 0.2) is 28.7 Å². The molecular weight excluding hydrogens is 282 g/mol. The predicted molar refractivity (Wildman–Crippen MR) is 73.0 cm³/mol. The fourth-order valence-corrected chi connectivity index (χ4v) is 1.84. The van der Waals surface area contributed by atoms with Crippen molar-refractivity contribution in [3.8, 4) is 0 Å². The van der Waals surface area contributed by atoms with Crippen LogP contribution in [0.1, 0.15) is 19.4 Å². The Bertz CT molecular complexity index is 342. The highest BCUT2D eigenvalue weighted by Gasteiger charge is 2.19. The van der Waals surface area contributed by atoms with E-state index in [1.807, 2.05) is 31.2 Å². The lowest BCUT2D eigenvalue weighted by Gasteiger charge is -2.23. The van der Waals surface area contributed by atoms with Crippen LogP contribution in [0.25, 0.3) is 0 Å². The minimum absolute atomic E-state index is 0.321. The molecule has 0 fully saturated rings. The van der Waals surface area contributed by atoms with Gasteiger partial charge < -0.3 is 15.2 Å². The summed E-state index contributed by atoms with van der Waals surface area (Å²) < 4.78 is 6.58. The second-order valence-electron chi connectivity index (χ2n) is 4.36. The molecular formula is C13H20BrNO2. The van der Waals surface area contributed by atoms with Gasteiger partial charge in [-0.1, -0.05) is 41.1 Å². The molecule has 1 atom stereocenters. The molecule has 17 heavy (non-hydrogen) atoms. The van der Waals surface area contributed by atoms with Crippen LogP contribution in [0, 0.1) is 0 Å². The van der Waals surface area contributed by atoms with E-state index in [0.717, 1.165) is 16.6 Å². The number of hydrogen-bond donors (Lipinski definition) is 2. The summed E-state index contributed by atoms with van der Waals surface area (Å²) in [5.74, 6) is 0. The summed E-state index contributed by atoms with van der Waals surface area (Å²) >= 11 is 3.46. The number of nitrogens with one attached hydrogen (secondary N) is 1. The van der Waals surface area contributed by atoms with Crippen LogP contribution < -0.4 is 5.32 Å². The molecule has 0 spiro atoms. The van der Waals surface area contributed by atoms with Gasteiger partial charge in [-0.2, -0.15) is 0 Å². The van der Waals surface area contributed by atoms with Gasteiger partial charge in [0.2, 0.25) is 0 Å². The van der Waals surface area contributed by atoms with E-state index in [-0.39, 0.29) is 0 Å². The van der Waals surface area contributed by atoms with Gasteiger partial charge in [-0.3, -0.25) is 0 Å². The SMILES string of the molecule is CCNCC(C)(O)COCc1ccccc1Br. The van der Waals surface area contributed by atoms with Gasteiger partial charge in [-0.25, -0.2) is 0 Å². The third-order valence-electron chi connectivity index (χ3n) is 2.38. The van der Waals surface area contributed by atoms with Crippen LogP contribution in [0.2, 0.25) is 0 Å². The van der Waals surface area contributed by atoms with Crippen molar-refractivity contribution in [3.05, 3.63) is 34.3 Å². The first-order valence-electron chi connectivity index (χ1n) is 5.79. The molecule has 0 radical (unpaired) electrons. The molecule has 1 aromatic carbocycles. The molecule has 1 unspecified atom stereocenters. The third-order valence-corrected chi connectivity index (χ3v) is 3.16. The maximum atomic E-state index is 9.99. The highest BCUT2D eigenvalue weighted by atomic mass is 79.9. The minimum atomic E-state index is -0.822. The maximum Gasteiger partial charge on any atom is 0.0975 e. The highest BCUT2D eigenvalue weighted by molar-refractivity contribution is 9.10. The Labute approximate surface area is 111 Å². The Morgan fingerprint density at radius 1 is 1.41 bits per heavy atom. The van der Waals surface area contributed by atoms with Gasteiger partial charge in [0.15, 0.2) is 0 Å². The van der Waals surface area contributed by atoms with E-state index in [9.17, 15) is 5.11 Å². The number of halogens is 1. The van der Waals surface area contributed by atoms with E-state index in [4.69, 9.17) is 4.74 Å². The molecule has 1 rings (SSSR count). The van der Waals surface area contributed by atoms with Crippen LogP contribution in [0.4, 0.5) is 0 Å². The van der Waals surface area contributed by atoms with Crippen molar-refractivity contribution in [2.75, 3.05) is 19.7 Å². The summed E-state index contributed by atoms with van der Waals surface area (Å²) in [6.07, 6.45) is 0. The lowest BCUT2D eigenvalue weighted by atomic mass is 10.1. The molecule has 3 nitrogen and oxygen atoms in total. The van der Waals surface area contributed by atoms with E-state index >= 15 is 0 Å². The largest absolute Gasteiger partial charge is 0.386 e. The van der Waals surface area contributed by atoms with Crippen LogP contribution in [-0.4, -0.2) is 30.4 Å². The van der Waals surface area contributed by atoms with Gasteiger partial charge >= 0.3 is 0 Å². The van der Waals surface area contributed by atoms with Crippen LogP contribution >= 0.6 is 15.9 Å². The zero-order chi connectivity index (χ0) is 12.7. The summed E-state index contributed by atoms with van der Waals surface area (Å²) in [4.78, 5) is 0. The first-order chi connectivity index (χ1) is 8.05. The summed E-state index contributed by atoms with van der Waals surface area (Å²) in [6, 6.07) is 7.92. The second kappa shape index (κ2) is 7.11. The molecule has 0 bridgehead atoms. The molecule has 96 valence electrons. The lowest BCUT2D eigenvalue weighted by molar-refractivity contribution is -0.0378. The Kier molecular flexibility index (Phi) is 6.12. The number of likely N-dealkylation sites (N-methyl/N-ethyl adjacent to an activating group) is 1. The maximum absolute atomic E-state index is 9.99. The molecule has 0 aliphatic rings. The summed E-state index contributed by atoms with van der Waals surface area (Å²) in [5.41, 5.74) is 0.267. The third kappa shape index (κ3) is 5.64. The van der Waals surface area contributed by atoms with E-state index in [2.05, 4.69) is 21.2 Å². The van der Waals surface area contributed by atoms with E-state index in [0.29, 0.717) is 19.8 Å². The molecule has 0 aliphatic heterocycles. The number of hydrogen-bond acceptors (Lipinski definition) is 3. The quantitative estimate of drug-likeness (QED) is 0.812. The van der Waals surface area contributed by atoms with Crippen molar-refractivity contribution in [2.24, 2.45) is 0 Å². The van der Waals surface area contributed by atoms with Gasteiger partial charge in [0, 0.05) is 11.0 Å². The van der Waals surface area contributed by atoms with Gasteiger partial charge in [0.1, 0.15) is 0 Å². The first kappa shape index (κ1) is 14.6. The zero-order valence-corrected chi connectivity index (χ0v) is 12.0. The molecule has 0 aromatic heterocycles. The molecule has 0 heterocycles. The molecule has 0 saturated heterocycles. The summed E-state index contributed by atoms with van der Waals surface area (Å²) in [7, 11) is 0. The predicted octanol–water partition coefficient (Wildman–Crippen LogP) is 2.33. The summed E-state index contributed by atoms with van der Waals surface area (Å²) in [6.45, 7) is 6.00. The number of benzene rings is 1. The van der Waals surface area contributed by atoms with Crippen LogP contribution in [0.5, 0.6) is 0 Å². The Morgan fingerprint density at radius 2 is 2.12 bits per heavy atom. The van der Waals surface area contributed by atoms with E-state index < -0.39 is 5.60 Å². The fraction of sp³-hybridized carbons (Fsp3) is 0.538. The van der Waals surface area contributed by atoms with Crippen LogP contribution in [0.3, 0.4) is 0 Å². The Hall–Kier alpha value is -0.420. The van der Waals surface area contributed by atoms with Crippen LogP contribution in [-0.2, 0) is 11.3 Å². The van der Waals surface area contributed by atoms with Crippen molar-refractivity contribution >= 4 is 15.9 Å². The van der Waals surface area contributed by atoms with Gasteiger partial charge in [0.05, 0.1) is 18.8 Å². The first-order valence-corrected chi connectivity index (χ1v) is 6.59. The molecule has 2 N–H and O–H groups in total. The molecule has 0 amide bonds. The molecule has 0 saturated carbocycles. The normalized spacial score (nSPS) is 14.6. The van der Waals surface area contributed by atoms with Crippen molar-refractivity contribution in [1.29, 1.82) is 0 Å². The molecule has 0 aliphatic carbocycles. The summed E-state index contributed by atoms with van der Waals surface area (Å²) in [5, 5.41) is 13.1. The monoisotopic (exact) mass is 301 g/mol. The number of aliphatic hydroxyl groups is 1. The molecule has 4 heteroatoms. The highest BCUT2D eigenvalue weighted by Crippen LogP contribution is 2.17. The van der Waals surface area contributed by atoms with E-state index in [1.165, 1.54) is 0 Å². The van der Waals surface area contributed by atoms with Crippen molar-refractivity contribution in [3.63, 3.8) is 0 Å². The minimum Gasteiger partial charge on any atom is -0.386 e. The zero-order valence-electron chi connectivity index (χ0n) is 10.4. The number of ether oxygens (including phenoxy) is 1. The molecule has 1 aromatic rings. The van der Waals surface area contributed by atoms with E-state index in [1.54, 1.807) is 6.92 Å². The van der Waals surface area contributed by atoms with Gasteiger partial charge in [0.25, 0.3) is 0 Å².